The lowest BCUT2D eigenvalue weighted by Crippen LogP contribution is -2.15. The van der Waals surface area contributed by atoms with Crippen LogP contribution in [0.3, 0.4) is 0 Å². The number of ether oxygens (including phenoxy) is 3. The lowest BCUT2D eigenvalue weighted by molar-refractivity contribution is -0.145. The first-order chi connectivity index (χ1) is 9.12. The Kier molecular flexibility index (Phi) is 6.14. The van der Waals surface area contributed by atoms with Crippen LogP contribution in [0.25, 0.3) is 0 Å². The van der Waals surface area contributed by atoms with Gasteiger partial charge in [-0.3, -0.25) is 0 Å². The van der Waals surface area contributed by atoms with Gasteiger partial charge >= 0.3 is 5.97 Å². The predicted octanol–water partition coefficient (Wildman–Crippen LogP) is 2.21. The molecule has 0 heterocycles. The van der Waals surface area contributed by atoms with Gasteiger partial charge in [0.2, 0.25) is 0 Å². The number of rotatable bonds is 6. The third-order valence-electron chi connectivity index (χ3n) is 2.13. The van der Waals surface area contributed by atoms with E-state index in [0.717, 1.165) is 0 Å². The van der Waals surface area contributed by atoms with Crippen molar-refractivity contribution in [3.05, 3.63) is 22.2 Å². The van der Waals surface area contributed by atoms with E-state index in [1.165, 1.54) is 13.3 Å². The summed E-state index contributed by atoms with van der Waals surface area (Å²) in [6.07, 6.45) is 1.25. The molecular formula is C12H14BrNO5. The second-order valence-electron chi connectivity index (χ2n) is 3.36. The highest BCUT2D eigenvalue weighted by Crippen LogP contribution is 2.32. The Hall–Kier alpha value is -1.76. The SMILES string of the molecule is CCOC(=O)COc1cc(Br)c(/C=N/O)cc1OC. The fraction of sp³-hybridized carbons (Fsp3) is 0.333. The molecule has 1 N–H and O–H groups in total. The lowest BCUT2D eigenvalue weighted by atomic mass is 10.2. The van der Waals surface area contributed by atoms with Crippen LogP contribution in [0.1, 0.15) is 12.5 Å². The minimum absolute atomic E-state index is 0.204. The van der Waals surface area contributed by atoms with Gasteiger partial charge in [0, 0.05) is 10.0 Å². The van der Waals surface area contributed by atoms with E-state index in [-0.39, 0.29) is 6.61 Å². The summed E-state index contributed by atoms with van der Waals surface area (Å²) in [6.45, 7) is 1.82. The summed E-state index contributed by atoms with van der Waals surface area (Å²) in [7, 11) is 1.47. The van der Waals surface area contributed by atoms with Crippen LogP contribution < -0.4 is 9.47 Å². The van der Waals surface area contributed by atoms with Gasteiger partial charge in [0.15, 0.2) is 18.1 Å². The average Bonchev–Trinajstić information content (AvgIpc) is 2.39. The number of hydrogen-bond acceptors (Lipinski definition) is 6. The fourth-order valence-electron chi connectivity index (χ4n) is 1.32. The molecule has 0 fully saturated rings. The summed E-state index contributed by atoms with van der Waals surface area (Å²) in [5, 5.41) is 11.5. The maximum Gasteiger partial charge on any atom is 0.344 e. The van der Waals surface area contributed by atoms with Crippen molar-refractivity contribution in [3.8, 4) is 11.5 Å². The van der Waals surface area contributed by atoms with Crippen LogP contribution >= 0.6 is 15.9 Å². The molecule has 104 valence electrons. The molecule has 7 heteroatoms. The smallest absolute Gasteiger partial charge is 0.344 e. The molecule has 0 radical (unpaired) electrons. The molecule has 0 atom stereocenters. The minimum atomic E-state index is -0.457. The monoisotopic (exact) mass is 331 g/mol. The zero-order valence-electron chi connectivity index (χ0n) is 10.6. The summed E-state index contributed by atoms with van der Waals surface area (Å²) in [4.78, 5) is 11.2. The molecule has 0 aliphatic rings. The molecule has 0 aliphatic carbocycles. The van der Waals surface area contributed by atoms with Crippen LogP contribution in [-0.4, -0.2) is 37.7 Å². The highest BCUT2D eigenvalue weighted by molar-refractivity contribution is 9.10. The number of halogens is 1. The Bertz CT molecular complexity index is 475. The molecule has 6 nitrogen and oxygen atoms in total. The molecule has 0 unspecified atom stereocenters. The molecule has 1 aromatic rings. The molecule has 0 saturated carbocycles. The third kappa shape index (κ3) is 4.44. The average molecular weight is 332 g/mol. The summed E-state index contributed by atoms with van der Waals surface area (Å²) in [5.74, 6) is 0.349. The zero-order chi connectivity index (χ0) is 14.3. The van der Waals surface area contributed by atoms with E-state index in [1.54, 1.807) is 19.1 Å². The van der Waals surface area contributed by atoms with Crippen molar-refractivity contribution in [1.82, 2.24) is 0 Å². The van der Waals surface area contributed by atoms with Gasteiger partial charge in [0.05, 0.1) is 19.9 Å². The maximum absolute atomic E-state index is 11.2. The highest BCUT2D eigenvalue weighted by Gasteiger charge is 2.11. The molecular weight excluding hydrogens is 318 g/mol. The first-order valence-corrected chi connectivity index (χ1v) is 6.25. The lowest BCUT2D eigenvalue weighted by Gasteiger charge is -2.12. The van der Waals surface area contributed by atoms with Crippen molar-refractivity contribution in [3.63, 3.8) is 0 Å². The van der Waals surface area contributed by atoms with Gasteiger partial charge in [-0.05, 0) is 35.0 Å². The van der Waals surface area contributed by atoms with E-state index >= 15 is 0 Å². The number of esters is 1. The Morgan fingerprint density at radius 2 is 2.21 bits per heavy atom. The molecule has 0 spiro atoms. The van der Waals surface area contributed by atoms with E-state index in [0.29, 0.717) is 28.1 Å². The van der Waals surface area contributed by atoms with Gasteiger partial charge in [-0.1, -0.05) is 5.16 Å². The Balaban J connectivity index is 2.88. The van der Waals surface area contributed by atoms with Gasteiger partial charge in [-0.15, -0.1) is 0 Å². The highest BCUT2D eigenvalue weighted by atomic mass is 79.9. The minimum Gasteiger partial charge on any atom is -0.493 e. The second-order valence-corrected chi connectivity index (χ2v) is 4.22. The van der Waals surface area contributed by atoms with Crippen LogP contribution in [0.2, 0.25) is 0 Å². The Morgan fingerprint density at radius 3 is 2.79 bits per heavy atom. The second kappa shape index (κ2) is 7.63. The largest absolute Gasteiger partial charge is 0.493 e. The number of carbonyl (C=O) groups is 1. The summed E-state index contributed by atoms with van der Waals surface area (Å²) >= 11 is 3.30. The molecule has 19 heavy (non-hydrogen) atoms. The predicted molar refractivity (Wildman–Crippen MR) is 72.2 cm³/mol. The number of oxime groups is 1. The van der Waals surface area contributed by atoms with E-state index in [4.69, 9.17) is 19.4 Å². The third-order valence-corrected chi connectivity index (χ3v) is 2.82. The first-order valence-electron chi connectivity index (χ1n) is 5.45. The Morgan fingerprint density at radius 1 is 1.47 bits per heavy atom. The number of methoxy groups -OCH3 is 1. The van der Waals surface area contributed by atoms with Gasteiger partial charge in [-0.2, -0.15) is 0 Å². The molecule has 0 saturated heterocycles. The summed E-state index contributed by atoms with van der Waals surface area (Å²) in [5.41, 5.74) is 0.614. The molecule has 0 amide bonds. The molecule has 0 bridgehead atoms. The molecule has 1 aromatic carbocycles. The van der Waals surface area contributed by atoms with E-state index in [1.807, 2.05) is 0 Å². The Labute approximate surface area is 119 Å². The van der Waals surface area contributed by atoms with E-state index < -0.39 is 5.97 Å². The molecule has 1 rings (SSSR count). The van der Waals surface area contributed by atoms with Crippen molar-refractivity contribution in [2.24, 2.45) is 5.16 Å². The van der Waals surface area contributed by atoms with E-state index in [9.17, 15) is 4.79 Å². The number of benzene rings is 1. The molecule has 0 aliphatic heterocycles. The number of nitrogens with zero attached hydrogens (tertiary/aromatic N) is 1. The summed E-state index contributed by atoms with van der Waals surface area (Å²) in [6, 6.07) is 3.24. The van der Waals surface area contributed by atoms with Crippen LogP contribution in [-0.2, 0) is 9.53 Å². The van der Waals surface area contributed by atoms with Gasteiger partial charge < -0.3 is 19.4 Å². The van der Waals surface area contributed by atoms with Crippen molar-refractivity contribution in [2.75, 3.05) is 20.3 Å². The standard InChI is InChI=1S/C12H14BrNO5/c1-3-18-12(15)7-19-11-5-9(13)8(6-14-16)4-10(11)17-2/h4-6,16H,3,7H2,1-2H3/b14-6+. The number of hydrogen-bond donors (Lipinski definition) is 1. The van der Waals surface area contributed by atoms with Crippen LogP contribution in [0, 0.1) is 0 Å². The normalized spacial score (nSPS) is 10.5. The van der Waals surface area contributed by atoms with Gasteiger partial charge in [0.1, 0.15) is 0 Å². The van der Waals surface area contributed by atoms with Crippen molar-refractivity contribution in [1.29, 1.82) is 0 Å². The van der Waals surface area contributed by atoms with Crippen molar-refractivity contribution in [2.45, 2.75) is 6.92 Å². The fourth-order valence-corrected chi connectivity index (χ4v) is 1.75. The maximum atomic E-state index is 11.2. The van der Waals surface area contributed by atoms with Crippen molar-refractivity contribution >= 4 is 28.1 Å². The van der Waals surface area contributed by atoms with Gasteiger partial charge in [-0.25, -0.2) is 4.79 Å². The van der Waals surface area contributed by atoms with E-state index in [2.05, 4.69) is 21.1 Å². The van der Waals surface area contributed by atoms with Gasteiger partial charge in [0.25, 0.3) is 0 Å². The number of carbonyl (C=O) groups excluding carboxylic acids is 1. The topological polar surface area (TPSA) is 77.4 Å². The van der Waals surface area contributed by atoms with Crippen LogP contribution in [0.4, 0.5) is 0 Å². The zero-order valence-corrected chi connectivity index (χ0v) is 12.1. The van der Waals surface area contributed by atoms with Crippen LogP contribution in [0.15, 0.2) is 21.8 Å². The first kappa shape index (κ1) is 15.3. The summed E-state index contributed by atoms with van der Waals surface area (Å²) < 4.78 is 15.9. The quantitative estimate of drug-likeness (QED) is 0.374. The van der Waals surface area contributed by atoms with Crippen LogP contribution in [0.5, 0.6) is 11.5 Å². The molecule has 0 aromatic heterocycles. The van der Waals surface area contributed by atoms with Crippen molar-refractivity contribution < 1.29 is 24.2 Å².